The Morgan fingerprint density at radius 2 is 1.82 bits per heavy atom. The number of furan rings is 1. The van der Waals surface area contributed by atoms with Crippen molar-refractivity contribution in [2.24, 2.45) is 0 Å². The second kappa shape index (κ2) is 10.7. The largest absolute Gasteiger partial charge is 0.467 e. The summed E-state index contributed by atoms with van der Waals surface area (Å²) in [5, 5.41) is 2.77. The molecular formula is C26H27N3O4. The van der Waals surface area contributed by atoms with E-state index < -0.39 is 0 Å². The molecule has 0 aliphatic carbocycles. The molecule has 7 nitrogen and oxygen atoms in total. The van der Waals surface area contributed by atoms with Gasteiger partial charge >= 0.3 is 0 Å². The molecule has 0 unspecified atom stereocenters. The number of hydrogen-bond donors (Lipinski definition) is 1. The molecule has 0 bridgehead atoms. The molecule has 0 saturated heterocycles. The van der Waals surface area contributed by atoms with E-state index >= 15 is 0 Å². The molecule has 0 aliphatic rings. The van der Waals surface area contributed by atoms with Crippen molar-refractivity contribution in [1.82, 2.24) is 15.2 Å². The van der Waals surface area contributed by atoms with Crippen LogP contribution in [-0.4, -0.2) is 21.8 Å². The van der Waals surface area contributed by atoms with Gasteiger partial charge in [-0.3, -0.25) is 9.69 Å². The first-order chi connectivity index (χ1) is 16.1. The Bertz CT molecular complexity index is 1150. The Morgan fingerprint density at radius 1 is 1.00 bits per heavy atom. The van der Waals surface area contributed by atoms with E-state index in [1.165, 1.54) is 6.26 Å². The maximum atomic E-state index is 12.3. The van der Waals surface area contributed by atoms with Crippen molar-refractivity contribution in [3.05, 3.63) is 102 Å². The van der Waals surface area contributed by atoms with Gasteiger partial charge in [-0.05, 0) is 55.8 Å². The lowest BCUT2D eigenvalue weighted by molar-refractivity contribution is 0.0943. The molecule has 0 fully saturated rings. The van der Waals surface area contributed by atoms with Crippen LogP contribution in [0, 0.1) is 0 Å². The number of nitrogens with zero attached hydrogens (tertiary/aromatic N) is 2. The molecule has 2 aromatic carbocycles. The van der Waals surface area contributed by atoms with Crippen LogP contribution in [0.1, 0.15) is 41.6 Å². The molecule has 0 radical (unpaired) electrons. The van der Waals surface area contributed by atoms with Crippen LogP contribution in [0.2, 0.25) is 0 Å². The van der Waals surface area contributed by atoms with Crippen molar-refractivity contribution in [1.29, 1.82) is 0 Å². The van der Waals surface area contributed by atoms with Gasteiger partial charge in [0.15, 0.2) is 5.69 Å². The lowest BCUT2D eigenvalue weighted by Gasteiger charge is -2.25. The minimum atomic E-state index is -0.303. The Kier molecular flexibility index (Phi) is 7.22. The standard InChI is InChI=1S/C26H27N3O4/c1-19(2)29(16-20-8-6-11-22(14-20)33-21-9-4-3-5-10-21)17-25-28-24(18-32-25)26(30)27-15-23-12-7-13-31-23/h3-14,18-19H,15-17H2,1-2H3,(H,27,30). The lowest BCUT2D eigenvalue weighted by Crippen LogP contribution is -2.30. The summed E-state index contributed by atoms with van der Waals surface area (Å²) in [4.78, 5) is 18.9. The number of carbonyl (C=O) groups is 1. The van der Waals surface area contributed by atoms with E-state index in [1.807, 2.05) is 48.5 Å². The van der Waals surface area contributed by atoms with Crippen LogP contribution in [-0.2, 0) is 19.6 Å². The monoisotopic (exact) mass is 445 g/mol. The first kappa shape index (κ1) is 22.4. The smallest absolute Gasteiger partial charge is 0.273 e. The maximum Gasteiger partial charge on any atom is 0.273 e. The van der Waals surface area contributed by atoms with Crippen LogP contribution in [0.3, 0.4) is 0 Å². The zero-order valence-corrected chi connectivity index (χ0v) is 18.7. The number of rotatable bonds is 10. The first-order valence-electron chi connectivity index (χ1n) is 10.9. The van der Waals surface area contributed by atoms with E-state index in [4.69, 9.17) is 13.6 Å². The molecule has 4 rings (SSSR count). The van der Waals surface area contributed by atoms with Gasteiger partial charge in [0.25, 0.3) is 5.91 Å². The van der Waals surface area contributed by atoms with Gasteiger partial charge in [0.05, 0.1) is 19.4 Å². The molecular weight excluding hydrogens is 418 g/mol. The molecule has 0 spiro atoms. The highest BCUT2D eigenvalue weighted by Gasteiger charge is 2.17. The number of ether oxygens (including phenoxy) is 1. The average Bonchev–Trinajstić information content (AvgIpc) is 3.50. The summed E-state index contributed by atoms with van der Waals surface area (Å²) in [5.41, 5.74) is 1.36. The molecule has 2 aromatic heterocycles. The molecule has 33 heavy (non-hydrogen) atoms. The van der Waals surface area contributed by atoms with Crippen molar-refractivity contribution in [3.63, 3.8) is 0 Å². The first-order valence-corrected chi connectivity index (χ1v) is 10.9. The molecule has 1 N–H and O–H groups in total. The summed E-state index contributed by atoms with van der Waals surface area (Å²) in [6, 6.07) is 21.6. The van der Waals surface area contributed by atoms with E-state index in [0.717, 1.165) is 17.1 Å². The molecule has 170 valence electrons. The summed E-state index contributed by atoms with van der Waals surface area (Å²) < 4.78 is 16.8. The lowest BCUT2D eigenvalue weighted by atomic mass is 10.1. The third-order valence-electron chi connectivity index (χ3n) is 5.12. The van der Waals surface area contributed by atoms with Gasteiger partial charge in [0.2, 0.25) is 5.89 Å². The van der Waals surface area contributed by atoms with Crippen LogP contribution >= 0.6 is 0 Å². The fourth-order valence-electron chi connectivity index (χ4n) is 3.32. The minimum Gasteiger partial charge on any atom is -0.467 e. The topological polar surface area (TPSA) is 80.7 Å². The summed E-state index contributed by atoms with van der Waals surface area (Å²) in [7, 11) is 0. The predicted octanol–water partition coefficient (Wildman–Crippen LogP) is 5.40. The van der Waals surface area contributed by atoms with Gasteiger partial charge in [-0.2, -0.15) is 0 Å². The Labute approximate surface area is 193 Å². The molecule has 2 heterocycles. The number of nitrogens with one attached hydrogen (secondary N) is 1. The van der Waals surface area contributed by atoms with Gasteiger partial charge < -0.3 is 18.9 Å². The number of carbonyl (C=O) groups excluding carboxylic acids is 1. The molecule has 0 saturated carbocycles. The molecule has 4 aromatic rings. The number of aromatic nitrogens is 1. The SMILES string of the molecule is CC(C)N(Cc1cccc(Oc2ccccc2)c1)Cc1nc(C(=O)NCc2ccco2)co1. The fourth-order valence-corrected chi connectivity index (χ4v) is 3.32. The Balaban J connectivity index is 1.37. The Morgan fingerprint density at radius 3 is 2.58 bits per heavy atom. The van der Waals surface area contributed by atoms with E-state index in [9.17, 15) is 4.79 Å². The van der Waals surface area contributed by atoms with E-state index in [1.54, 1.807) is 18.4 Å². The highest BCUT2D eigenvalue weighted by atomic mass is 16.5. The van der Waals surface area contributed by atoms with Gasteiger partial charge in [-0.15, -0.1) is 0 Å². The van der Waals surface area contributed by atoms with Crippen molar-refractivity contribution in [2.45, 2.75) is 39.5 Å². The minimum absolute atomic E-state index is 0.242. The normalized spacial score (nSPS) is 11.2. The van der Waals surface area contributed by atoms with E-state index in [-0.39, 0.29) is 17.6 Å². The second-order valence-corrected chi connectivity index (χ2v) is 7.95. The van der Waals surface area contributed by atoms with Crippen molar-refractivity contribution in [2.75, 3.05) is 0 Å². The highest BCUT2D eigenvalue weighted by molar-refractivity contribution is 5.91. The summed E-state index contributed by atoms with van der Waals surface area (Å²) in [6.07, 6.45) is 2.96. The number of oxazole rings is 1. The summed E-state index contributed by atoms with van der Waals surface area (Å²) >= 11 is 0. The van der Waals surface area contributed by atoms with Crippen LogP contribution in [0.4, 0.5) is 0 Å². The summed E-state index contributed by atoms with van der Waals surface area (Å²) in [6.45, 7) is 5.70. The quantitative estimate of drug-likeness (QED) is 0.352. The van der Waals surface area contributed by atoms with Crippen molar-refractivity contribution in [3.8, 4) is 11.5 Å². The van der Waals surface area contributed by atoms with Crippen LogP contribution in [0.5, 0.6) is 11.5 Å². The van der Waals surface area contributed by atoms with Crippen LogP contribution < -0.4 is 10.1 Å². The number of hydrogen-bond acceptors (Lipinski definition) is 6. The Hall–Kier alpha value is -3.84. The zero-order chi connectivity index (χ0) is 23.0. The third-order valence-corrected chi connectivity index (χ3v) is 5.12. The van der Waals surface area contributed by atoms with Gasteiger partial charge in [0.1, 0.15) is 23.5 Å². The van der Waals surface area contributed by atoms with Gasteiger partial charge in [-0.25, -0.2) is 4.98 Å². The van der Waals surface area contributed by atoms with E-state index in [2.05, 4.69) is 35.1 Å². The van der Waals surface area contributed by atoms with Crippen molar-refractivity contribution < 1.29 is 18.4 Å². The summed E-state index contributed by atoms with van der Waals surface area (Å²) in [5.74, 6) is 2.45. The fraction of sp³-hybridized carbons (Fsp3) is 0.231. The van der Waals surface area contributed by atoms with Crippen molar-refractivity contribution >= 4 is 5.91 Å². The van der Waals surface area contributed by atoms with Crippen LogP contribution in [0.25, 0.3) is 0 Å². The zero-order valence-electron chi connectivity index (χ0n) is 18.7. The van der Waals surface area contributed by atoms with Gasteiger partial charge in [0, 0.05) is 12.6 Å². The molecule has 0 aliphatic heterocycles. The predicted molar refractivity (Wildman–Crippen MR) is 124 cm³/mol. The molecule has 1 amide bonds. The number of para-hydroxylation sites is 1. The number of benzene rings is 2. The highest BCUT2D eigenvalue weighted by Crippen LogP contribution is 2.23. The van der Waals surface area contributed by atoms with E-state index in [0.29, 0.717) is 31.3 Å². The average molecular weight is 446 g/mol. The second-order valence-electron chi connectivity index (χ2n) is 7.95. The van der Waals surface area contributed by atoms with Crippen LogP contribution in [0.15, 0.2) is 88.1 Å². The maximum absolute atomic E-state index is 12.3. The molecule has 0 atom stereocenters. The number of amides is 1. The van der Waals surface area contributed by atoms with Gasteiger partial charge in [-0.1, -0.05) is 30.3 Å². The molecule has 7 heteroatoms. The third kappa shape index (κ3) is 6.33.